The highest BCUT2D eigenvalue weighted by Crippen LogP contribution is 2.28. The van der Waals surface area contributed by atoms with E-state index in [2.05, 4.69) is 41.3 Å². The second-order valence-electron chi connectivity index (χ2n) is 6.55. The Morgan fingerprint density at radius 2 is 1.87 bits per heavy atom. The van der Waals surface area contributed by atoms with Gasteiger partial charge in [0.2, 0.25) is 11.8 Å². The molecule has 7 heteroatoms. The van der Waals surface area contributed by atoms with Crippen molar-refractivity contribution < 1.29 is 4.42 Å². The average Bonchev–Trinajstić information content (AvgIpc) is 3.16. The van der Waals surface area contributed by atoms with E-state index in [9.17, 15) is 0 Å². The summed E-state index contributed by atoms with van der Waals surface area (Å²) in [5.74, 6) is 0.969. The molecule has 0 bridgehead atoms. The smallest absolute Gasteiger partial charge is 0.247 e. The lowest BCUT2D eigenvalue weighted by Gasteiger charge is -2.24. The summed E-state index contributed by atoms with van der Waals surface area (Å²) in [5.41, 5.74) is 7.75. The van der Waals surface area contributed by atoms with Gasteiger partial charge in [0.1, 0.15) is 6.54 Å². The average molecular weight is 312 g/mol. The van der Waals surface area contributed by atoms with Crippen LogP contribution in [-0.4, -0.2) is 25.2 Å². The van der Waals surface area contributed by atoms with Crippen molar-refractivity contribution in [1.82, 2.24) is 25.2 Å². The minimum atomic E-state index is -0.182. The van der Waals surface area contributed by atoms with Crippen molar-refractivity contribution in [2.24, 2.45) is 11.1 Å². The summed E-state index contributed by atoms with van der Waals surface area (Å²) in [6, 6.07) is 9.46. The Labute approximate surface area is 134 Å². The van der Waals surface area contributed by atoms with Crippen LogP contribution in [0, 0.1) is 5.41 Å². The minimum Gasteiger partial charge on any atom is -0.419 e. The molecule has 120 valence electrons. The molecule has 0 amide bonds. The van der Waals surface area contributed by atoms with Gasteiger partial charge in [-0.25, -0.2) is 4.68 Å². The van der Waals surface area contributed by atoms with E-state index in [1.807, 2.05) is 36.5 Å². The summed E-state index contributed by atoms with van der Waals surface area (Å²) < 4.78 is 7.32. The van der Waals surface area contributed by atoms with Crippen molar-refractivity contribution in [3.63, 3.8) is 0 Å². The van der Waals surface area contributed by atoms with Gasteiger partial charge in [-0.3, -0.25) is 0 Å². The van der Waals surface area contributed by atoms with Crippen molar-refractivity contribution >= 4 is 0 Å². The zero-order valence-electron chi connectivity index (χ0n) is 13.5. The van der Waals surface area contributed by atoms with Crippen molar-refractivity contribution in [2.75, 3.05) is 0 Å². The molecule has 2 N–H and O–H groups in total. The Morgan fingerprint density at radius 3 is 2.57 bits per heavy atom. The minimum absolute atomic E-state index is 0.0775. The van der Waals surface area contributed by atoms with Crippen LogP contribution in [0.2, 0.25) is 0 Å². The maximum Gasteiger partial charge on any atom is 0.247 e. The quantitative estimate of drug-likeness (QED) is 0.795. The first-order valence-electron chi connectivity index (χ1n) is 7.47. The Balaban J connectivity index is 1.74. The van der Waals surface area contributed by atoms with E-state index in [0.29, 0.717) is 18.3 Å². The molecule has 0 saturated heterocycles. The summed E-state index contributed by atoms with van der Waals surface area (Å²) >= 11 is 0. The molecule has 23 heavy (non-hydrogen) atoms. The van der Waals surface area contributed by atoms with Crippen LogP contribution < -0.4 is 5.73 Å². The molecule has 1 unspecified atom stereocenters. The second kappa shape index (κ2) is 5.92. The molecule has 0 radical (unpaired) electrons. The first kappa shape index (κ1) is 15.4. The molecule has 1 atom stereocenters. The molecule has 3 rings (SSSR count). The van der Waals surface area contributed by atoms with Gasteiger partial charge in [0.25, 0.3) is 0 Å². The maximum atomic E-state index is 6.19. The van der Waals surface area contributed by atoms with Crippen LogP contribution in [-0.2, 0) is 6.54 Å². The van der Waals surface area contributed by atoms with E-state index in [0.717, 1.165) is 11.3 Å². The van der Waals surface area contributed by atoms with Gasteiger partial charge in [-0.15, -0.1) is 15.3 Å². The fourth-order valence-corrected chi connectivity index (χ4v) is 2.13. The summed E-state index contributed by atoms with van der Waals surface area (Å²) in [6.45, 7) is 6.58. The van der Waals surface area contributed by atoms with Crippen LogP contribution >= 0.6 is 0 Å². The predicted molar refractivity (Wildman–Crippen MR) is 85.2 cm³/mol. The van der Waals surface area contributed by atoms with Gasteiger partial charge in [0.15, 0.2) is 0 Å². The van der Waals surface area contributed by atoms with Crippen LogP contribution in [0.25, 0.3) is 11.5 Å². The molecule has 0 aliphatic heterocycles. The zero-order valence-corrected chi connectivity index (χ0v) is 13.5. The molecule has 2 aromatic heterocycles. The molecule has 0 saturated carbocycles. The van der Waals surface area contributed by atoms with E-state index in [4.69, 9.17) is 10.2 Å². The monoisotopic (exact) mass is 312 g/mol. The highest BCUT2D eigenvalue weighted by Gasteiger charge is 2.25. The van der Waals surface area contributed by atoms with E-state index in [-0.39, 0.29) is 11.5 Å². The van der Waals surface area contributed by atoms with Gasteiger partial charge < -0.3 is 10.2 Å². The van der Waals surface area contributed by atoms with Crippen LogP contribution in [0.4, 0.5) is 0 Å². The molecule has 7 nitrogen and oxygen atoms in total. The number of rotatable bonds is 4. The normalized spacial score (nSPS) is 13.2. The highest BCUT2D eigenvalue weighted by atomic mass is 16.4. The van der Waals surface area contributed by atoms with Crippen LogP contribution in [0.15, 0.2) is 40.9 Å². The Bertz CT molecular complexity index is 771. The number of nitrogens with zero attached hydrogens (tertiary/aromatic N) is 5. The van der Waals surface area contributed by atoms with E-state index >= 15 is 0 Å². The standard InChI is InChI=1S/C16H20N6O/c1-16(2,3)14(17)12-9-22(21-18-12)10-13-19-20-15(23-13)11-7-5-4-6-8-11/h4-9,14H,10,17H2,1-3H3. The van der Waals surface area contributed by atoms with Crippen LogP contribution in [0.3, 0.4) is 0 Å². The summed E-state index contributed by atoms with van der Waals surface area (Å²) in [7, 11) is 0. The van der Waals surface area contributed by atoms with Gasteiger partial charge in [0.05, 0.1) is 17.9 Å². The van der Waals surface area contributed by atoms with E-state index in [1.165, 1.54) is 0 Å². The summed E-state index contributed by atoms with van der Waals surface area (Å²) in [5, 5.41) is 16.3. The number of nitrogens with two attached hydrogens (primary N) is 1. The number of hydrogen-bond acceptors (Lipinski definition) is 6. The van der Waals surface area contributed by atoms with Crippen molar-refractivity contribution in [3.05, 3.63) is 48.1 Å². The fourth-order valence-electron chi connectivity index (χ4n) is 2.13. The lowest BCUT2D eigenvalue weighted by molar-refractivity contribution is 0.321. The predicted octanol–water partition coefficient (Wildman–Crippen LogP) is 2.42. The third-order valence-electron chi connectivity index (χ3n) is 3.59. The number of benzene rings is 1. The zero-order chi connectivity index (χ0) is 16.4. The lowest BCUT2D eigenvalue weighted by Crippen LogP contribution is -2.26. The molecular weight excluding hydrogens is 292 g/mol. The number of hydrogen-bond donors (Lipinski definition) is 1. The van der Waals surface area contributed by atoms with Crippen LogP contribution in [0.5, 0.6) is 0 Å². The van der Waals surface area contributed by atoms with Crippen molar-refractivity contribution in [3.8, 4) is 11.5 Å². The number of aromatic nitrogens is 5. The van der Waals surface area contributed by atoms with Gasteiger partial charge in [-0.1, -0.05) is 44.2 Å². The second-order valence-corrected chi connectivity index (χ2v) is 6.55. The fraction of sp³-hybridized carbons (Fsp3) is 0.375. The Morgan fingerprint density at radius 1 is 1.13 bits per heavy atom. The topological polar surface area (TPSA) is 95.7 Å². The van der Waals surface area contributed by atoms with Crippen molar-refractivity contribution in [1.29, 1.82) is 0 Å². The molecule has 1 aromatic carbocycles. The Kier molecular flexibility index (Phi) is 3.96. The third kappa shape index (κ3) is 3.45. The van der Waals surface area contributed by atoms with Gasteiger partial charge in [0, 0.05) is 5.56 Å². The molecule has 0 aliphatic carbocycles. The summed E-state index contributed by atoms with van der Waals surface area (Å²) in [4.78, 5) is 0. The van der Waals surface area contributed by atoms with Crippen LogP contribution in [0.1, 0.15) is 38.4 Å². The molecule has 2 heterocycles. The summed E-state index contributed by atoms with van der Waals surface area (Å²) in [6.07, 6.45) is 1.82. The first-order chi connectivity index (χ1) is 10.9. The molecule has 0 aliphatic rings. The molecule has 3 aromatic rings. The van der Waals surface area contributed by atoms with Gasteiger partial charge in [-0.05, 0) is 17.5 Å². The Hall–Kier alpha value is -2.54. The molecule has 0 spiro atoms. The van der Waals surface area contributed by atoms with Crippen molar-refractivity contribution in [2.45, 2.75) is 33.4 Å². The van der Waals surface area contributed by atoms with E-state index in [1.54, 1.807) is 4.68 Å². The highest BCUT2D eigenvalue weighted by molar-refractivity contribution is 5.51. The molecular formula is C16H20N6O. The SMILES string of the molecule is CC(C)(C)C(N)c1cn(Cc2nnc(-c3ccccc3)o2)nn1. The molecule has 0 fully saturated rings. The third-order valence-corrected chi connectivity index (χ3v) is 3.59. The largest absolute Gasteiger partial charge is 0.419 e. The van der Waals surface area contributed by atoms with E-state index < -0.39 is 0 Å². The van der Waals surface area contributed by atoms with Gasteiger partial charge >= 0.3 is 0 Å². The lowest BCUT2D eigenvalue weighted by atomic mass is 9.86. The first-order valence-corrected chi connectivity index (χ1v) is 7.47. The van der Waals surface area contributed by atoms with Gasteiger partial charge in [-0.2, -0.15) is 0 Å². The maximum absolute atomic E-state index is 6.19.